The van der Waals surface area contributed by atoms with Crippen LogP contribution < -0.4 is 0 Å². The molecule has 1 radical (unpaired) electrons. The van der Waals surface area contributed by atoms with Gasteiger partial charge < -0.3 is 0 Å². The largest absolute Gasteiger partial charge is 0.280 e. The van der Waals surface area contributed by atoms with E-state index < -0.39 is 0 Å². The molecule has 0 bridgehead atoms. The molecule has 0 N–H and O–H groups in total. The fraction of sp³-hybridized carbons (Fsp3) is 0.455. The van der Waals surface area contributed by atoms with Gasteiger partial charge in [-0.05, 0) is 24.8 Å². The zero-order valence-corrected chi connectivity index (χ0v) is 8.49. The van der Waals surface area contributed by atoms with Crippen LogP contribution in [0.1, 0.15) is 25.8 Å². The Balaban J connectivity index is 2.79. The molecule has 0 saturated carbocycles. The molecule has 3 nitrogen and oxygen atoms in total. The van der Waals surface area contributed by atoms with Gasteiger partial charge in [-0.25, -0.2) is 0 Å². The number of nitrogens with zero attached hydrogens (tertiary/aromatic N) is 1. The van der Waals surface area contributed by atoms with E-state index in [1.165, 1.54) is 0 Å². The summed E-state index contributed by atoms with van der Waals surface area (Å²) in [7, 11) is 0. The lowest BCUT2D eigenvalue weighted by Gasteiger charge is -2.04. The van der Waals surface area contributed by atoms with E-state index in [1.54, 1.807) is 18.2 Å². The number of para-hydroxylation sites is 1. The van der Waals surface area contributed by atoms with E-state index in [2.05, 4.69) is 19.9 Å². The molecule has 0 heterocycles. The highest BCUT2D eigenvalue weighted by Gasteiger charge is 2.12. The molecular formula is C11H14NO2. The van der Waals surface area contributed by atoms with Crippen LogP contribution in [0.15, 0.2) is 18.2 Å². The van der Waals surface area contributed by atoms with Gasteiger partial charge in [-0.3, -0.25) is 10.1 Å². The molecule has 3 heteroatoms. The number of benzene rings is 1. The van der Waals surface area contributed by atoms with Crippen molar-refractivity contribution in [3.63, 3.8) is 0 Å². The molecule has 0 aliphatic heterocycles. The van der Waals surface area contributed by atoms with Crippen LogP contribution in [0.3, 0.4) is 0 Å². The van der Waals surface area contributed by atoms with E-state index in [9.17, 15) is 10.1 Å². The van der Waals surface area contributed by atoms with Crippen LogP contribution in [-0.2, 0) is 6.42 Å². The second-order valence-electron chi connectivity index (χ2n) is 3.73. The van der Waals surface area contributed by atoms with Gasteiger partial charge in [-0.1, -0.05) is 26.0 Å². The average Bonchev–Trinajstić information content (AvgIpc) is 2.15. The molecule has 0 spiro atoms. The number of hydrogen-bond acceptors (Lipinski definition) is 2. The first-order valence-corrected chi connectivity index (χ1v) is 4.75. The van der Waals surface area contributed by atoms with Crippen molar-refractivity contribution < 1.29 is 4.92 Å². The summed E-state index contributed by atoms with van der Waals surface area (Å²) in [5.41, 5.74) is 0.902. The van der Waals surface area contributed by atoms with Crippen LogP contribution in [0.5, 0.6) is 0 Å². The topological polar surface area (TPSA) is 43.1 Å². The maximum Gasteiger partial charge on any atom is 0.280 e. The fourth-order valence-electron chi connectivity index (χ4n) is 1.28. The molecule has 0 unspecified atom stereocenters. The molecule has 1 rings (SSSR count). The standard InChI is InChI=1S/C11H14NO2/c1-9(2)7-8-10-5-3-4-6-11(10)12(13)14/h3-5,9H,7-8H2,1-2H3. The van der Waals surface area contributed by atoms with Gasteiger partial charge in [-0.2, -0.15) is 0 Å². The Morgan fingerprint density at radius 3 is 2.86 bits per heavy atom. The van der Waals surface area contributed by atoms with E-state index in [-0.39, 0.29) is 10.6 Å². The zero-order valence-electron chi connectivity index (χ0n) is 8.49. The third-order valence-corrected chi connectivity index (χ3v) is 2.09. The van der Waals surface area contributed by atoms with Gasteiger partial charge in [0.1, 0.15) is 0 Å². The molecule has 0 atom stereocenters. The first-order valence-electron chi connectivity index (χ1n) is 4.75. The van der Waals surface area contributed by atoms with Crippen LogP contribution in [-0.4, -0.2) is 4.92 Å². The highest BCUT2D eigenvalue weighted by atomic mass is 16.6. The van der Waals surface area contributed by atoms with Crippen LogP contribution >= 0.6 is 0 Å². The third kappa shape index (κ3) is 2.83. The van der Waals surface area contributed by atoms with Crippen molar-refractivity contribution in [1.82, 2.24) is 0 Å². The molecule has 0 aliphatic carbocycles. The summed E-state index contributed by atoms with van der Waals surface area (Å²) in [4.78, 5) is 10.3. The molecule has 0 saturated heterocycles. The first-order chi connectivity index (χ1) is 6.61. The summed E-state index contributed by atoms with van der Waals surface area (Å²) in [5.74, 6) is 0.565. The molecule has 0 aromatic heterocycles. The highest BCUT2D eigenvalue weighted by Crippen LogP contribution is 2.19. The minimum absolute atomic E-state index is 0.119. The second-order valence-corrected chi connectivity index (χ2v) is 3.73. The number of rotatable bonds is 4. The monoisotopic (exact) mass is 192 g/mol. The quantitative estimate of drug-likeness (QED) is 0.543. The Hall–Kier alpha value is -1.38. The highest BCUT2D eigenvalue weighted by molar-refractivity contribution is 5.38. The summed E-state index contributed by atoms with van der Waals surface area (Å²) >= 11 is 0. The molecule has 0 fully saturated rings. The minimum atomic E-state index is -0.365. The van der Waals surface area contributed by atoms with Gasteiger partial charge in [0.25, 0.3) is 5.69 Å². The predicted molar refractivity (Wildman–Crippen MR) is 55.1 cm³/mol. The Morgan fingerprint density at radius 1 is 1.57 bits per heavy atom. The van der Waals surface area contributed by atoms with Gasteiger partial charge in [0.2, 0.25) is 0 Å². The van der Waals surface area contributed by atoms with Crippen molar-refractivity contribution in [2.24, 2.45) is 5.92 Å². The predicted octanol–water partition coefficient (Wildman–Crippen LogP) is 2.98. The van der Waals surface area contributed by atoms with Crippen LogP contribution in [0, 0.1) is 22.1 Å². The average molecular weight is 192 g/mol. The third-order valence-electron chi connectivity index (χ3n) is 2.09. The Morgan fingerprint density at radius 2 is 2.29 bits per heavy atom. The summed E-state index contributed by atoms with van der Waals surface area (Å²) in [6, 6.07) is 7.84. The van der Waals surface area contributed by atoms with Crippen molar-refractivity contribution in [2.45, 2.75) is 26.7 Å². The molecule has 0 amide bonds. The summed E-state index contributed by atoms with van der Waals surface area (Å²) in [5, 5.41) is 10.6. The molecule has 75 valence electrons. The van der Waals surface area contributed by atoms with E-state index >= 15 is 0 Å². The summed E-state index contributed by atoms with van der Waals surface area (Å²) in [6.45, 7) is 4.22. The van der Waals surface area contributed by atoms with Gasteiger partial charge in [-0.15, -0.1) is 0 Å². The van der Waals surface area contributed by atoms with E-state index in [1.807, 2.05) is 0 Å². The maximum atomic E-state index is 10.6. The number of nitro groups is 1. The summed E-state index contributed by atoms with van der Waals surface area (Å²) in [6.07, 6.45) is 1.73. The number of hydrogen-bond donors (Lipinski definition) is 0. The van der Waals surface area contributed by atoms with Gasteiger partial charge >= 0.3 is 0 Å². The molecule has 1 aromatic rings. The van der Waals surface area contributed by atoms with Crippen LogP contribution in [0.2, 0.25) is 0 Å². The lowest BCUT2D eigenvalue weighted by atomic mass is 10.0. The second kappa shape index (κ2) is 4.74. The Bertz CT molecular complexity index is 321. The van der Waals surface area contributed by atoms with Crippen LogP contribution in [0.4, 0.5) is 5.69 Å². The number of nitro benzene ring substituents is 1. The van der Waals surface area contributed by atoms with Gasteiger partial charge in [0, 0.05) is 5.56 Å². The number of aryl methyl sites for hydroxylation is 1. The lowest BCUT2D eigenvalue weighted by Crippen LogP contribution is -1.97. The van der Waals surface area contributed by atoms with Crippen molar-refractivity contribution in [2.75, 3.05) is 0 Å². The van der Waals surface area contributed by atoms with Crippen molar-refractivity contribution in [3.05, 3.63) is 39.9 Å². The van der Waals surface area contributed by atoms with Crippen LogP contribution in [0.25, 0.3) is 0 Å². The fourth-order valence-corrected chi connectivity index (χ4v) is 1.28. The summed E-state index contributed by atoms with van der Waals surface area (Å²) < 4.78 is 0. The van der Waals surface area contributed by atoms with Crippen molar-refractivity contribution >= 4 is 5.69 Å². The lowest BCUT2D eigenvalue weighted by molar-refractivity contribution is -0.385. The maximum absolute atomic E-state index is 10.6. The molecule has 0 aliphatic rings. The van der Waals surface area contributed by atoms with E-state index in [4.69, 9.17) is 0 Å². The van der Waals surface area contributed by atoms with Crippen molar-refractivity contribution in [1.29, 1.82) is 0 Å². The SMILES string of the molecule is CC(C)CCc1ccc[c]c1[N+](=O)[O-]. The normalized spacial score (nSPS) is 10.5. The molecule has 1 aromatic carbocycles. The first kappa shape index (κ1) is 10.7. The van der Waals surface area contributed by atoms with Gasteiger partial charge in [0.15, 0.2) is 0 Å². The van der Waals surface area contributed by atoms with Crippen molar-refractivity contribution in [3.8, 4) is 0 Å². The van der Waals surface area contributed by atoms with E-state index in [0.717, 1.165) is 18.4 Å². The molecule has 14 heavy (non-hydrogen) atoms. The van der Waals surface area contributed by atoms with Gasteiger partial charge in [0.05, 0.1) is 11.0 Å². The minimum Gasteiger partial charge on any atom is -0.258 e. The smallest absolute Gasteiger partial charge is 0.258 e. The molecular weight excluding hydrogens is 178 g/mol. The zero-order chi connectivity index (χ0) is 10.6. The Labute approximate surface area is 83.9 Å². The van der Waals surface area contributed by atoms with E-state index in [0.29, 0.717) is 5.92 Å². The Kier molecular flexibility index (Phi) is 3.63.